The first-order valence-electron chi connectivity index (χ1n) is 11.5. The molecule has 0 spiro atoms. The van der Waals surface area contributed by atoms with Crippen molar-refractivity contribution in [3.63, 3.8) is 0 Å². The number of halogens is 1. The molecule has 0 radical (unpaired) electrons. The second-order valence-electron chi connectivity index (χ2n) is 9.13. The van der Waals surface area contributed by atoms with Crippen LogP contribution in [0.4, 0.5) is 11.4 Å². The Balaban J connectivity index is 1.71. The van der Waals surface area contributed by atoms with E-state index in [0.717, 1.165) is 14.2 Å². The molecule has 196 valence electrons. The highest BCUT2D eigenvalue weighted by Crippen LogP contribution is 2.33. The molecule has 0 bridgehead atoms. The third-order valence-electron chi connectivity index (χ3n) is 6.34. The molecule has 0 aliphatic carbocycles. The number of sulfonamides is 2. The molecule has 1 heterocycles. The zero-order valence-electron chi connectivity index (χ0n) is 21.0. The van der Waals surface area contributed by atoms with Gasteiger partial charge in [-0.25, -0.2) is 21.1 Å². The highest BCUT2D eigenvalue weighted by atomic mass is 35.5. The van der Waals surface area contributed by atoms with E-state index in [1.807, 2.05) is 6.92 Å². The molecule has 0 saturated heterocycles. The molecule has 11 heteroatoms. The van der Waals surface area contributed by atoms with Crippen molar-refractivity contribution in [2.45, 2.75) is 30.1 Å². The maximum absolute atomic E-state index is 13.7. The van der Waals surface area contributed by atoms with Gasteiger partial charge in [-0.2, -0.15) is 0 Å². The van der Waals surface area contributed by atoms with Gasteiger partial charge < -0.3 is 4.90 Å². The van der Waals surface area contributed by atoms with Crippen molar-refractivity contribution in [2.24, 2.45) is 0 Å². The molecule has 1 amide bonds. The maximum atomic E-state index is 13.7. The van der Waals surface area contributed by atoms with Crippen LogP contribution in [0.3, 0.4) is 0 Å². The van der Waals surface area contributed by atoms with Gasteiger partial charge in [0.1, 0.15) is 6.54 Å². The highest BCUT2D eigenvalue weighted by Gasteiger charge is 2.33. The highest BCUT2D eigenvalue weighted by molar-refractivity contribution is 7.92. The minimum atomic E-state index is -4.09. The lowest BCUT2D eigenvalue weighted by molar-refractivity contribution is -0.117. The molecule has 0 N–H and O–H groups in total. The molecular weight excluding hydrogens is 534 g/mol. The first-order chi connectivity index (χ1) is 17.3. The molecule has 1 aliphatic rings. The normalized spacial score (nSPS) is 13.6. The number of carbonyl (C=O) groups excluding carboxylic acids is 1. The van der Waals surface area contributed by atoms with Crippen molar-refractivity contribution in [2.75, 3.05) is 36.4 Å². The Morgan fingerprint density at radius 2 is 1.54 bits per heavy atom. The molecule has 0 aromatic heterocycles. The molecule has 3 aromatic rings. The second kappa shape index (κ2) is 10.1. The lowest BCUT2D eigenvalue weighted by atomic mass is 10.2. The Labute approximate surface area is 223 Å². The third-order valence-corrected chi connectivity index (χ3v) is 10.2. The predicted octanol–water partition coefficient (Wildman–Crippen LogP) is 3.99. The molecule has 4 rings (SSSR count). The van der Waals surface area contributed by atoms with Crippen LogP contribution in [-0.2, 0) is 31.3 Å². The largest absolute Gasteiger partial charge is 0.310 e. The number of nitrogens with zero attached hydrogens (tertiary/aromatic N) is 3. The Hall–Kier alpha value is -2.92. The first-order valence-corrected chi connectivity index (χ1v) is 14.8. The van der Waals surface area contributed by atoms with Crippen molar-refractivity contribution in [1.82, 2.24) is 4.31 Å². The van der Waals surface area contributed by atoms with Crippen LogP contribution in [0.1, 0.15) is 16.7 Å². The van der Waals surface area contributed by atoms with Gasteiger partial charge in [0.25, 0.3) is 10.0 Å². The quantitative estimate of drug-likeness (QED) is 0.435. The van der Waals surface area contributed by atoms with Crippen LogP contribution < -0.4 is 9.21 Å². The van der Waals surface area contributed by atoms with Crippen molar-refractivity contribution in [3.8, 4) is 0 Å². The zero-order valence-corrected chi connectivity index (χ0v) is 23.4. The lowest BCUT2D eigenvalue weighted by Crippen LogP contribution is -2.43. The summed E-state index contributed by atoms with van der Waals surface area (Å²) in [5, 5.41) is 0.456. The van der Waals surface area contributed by atoms with Gasteiger partial charge in [0.15, 0.2) is 0 Å². The van der Waals surface area contributed by atoms with E-state index in [2.05, 4.69) is 0 Å². The number of hydrogen-bond acceptors (Lipinski definition) is 5. The molecule has 1 aliphatic heterocycles. The summed E-state index contributed by atoms with van der Waals surface area (Å²) < 4.78 is 54.8. The SMILES string of the molecule is Cc1ccc(S(=O)(=O)N(CC(=O)N2CCc3cc(S(=O)(=O)N(C)C)ccc32)c2ccc(Cl)cc2C)cc1. The van der Waals surface area contributed by atoms with E-state index in [1.54, 1.807) is 49.4 Å². The average Bonchev–Trinajstić information content (AvgIpc) is 3.26. The summed E-state index contributed by atoms with van der Waals surface area (Å²) in [7, 11) is -4.79. The maximum Gasteiger partial charge on any atom is 0.264 e. The van der Waals surface area contributed by atoms with Gasteiger partial charge >= 0.3 is 0 Å². The fourth-order valence-electron chi connectivity index (χ4n) is 4.25. The van der Waals surface area contributed by atoms with Crippen LogP contribution >= 0.6 is 11.6 Å². The van der Waals surface area contributed by atoms with Gasteiger partial charge in [-0.3, -0.25) is 9.10 Å². The van der Waals surface area contributed by atoms with Crippen molar-refractivity contribution in [3.05, 3.63) is 82.4 Å². The number of rotatable bonds is 7. The summed E-state index contributed by atoms with van der Waals surface area (Å²) in [6.07, 6.45) is 0.461. The fourth-order valence-corrected chi connectivity index (χ4v) is 6.91. The molecule has 0 unspecified atom stereocenters. The van der Waals surface area contributed by atoms with Crippen molar-refractivity contribution >= 4 is 48.9 Å². The summed E-state index contributed by atoms with van der Waals surface area (Å²) >= 11 is 6.11. The first kappa shape index (κ1) is 27.1. The number of carbonyl (C=O) groups is 1. The van der Waals surface area contributed by atoms with E-state index in [1.165, 1.54) is 37.2 Å². The summed E-state index contributed by atoms with van der Waals surface area (Å²) in [5.74, 6) is -0.424. The van der Waals surface area contributed by atoms with Gasteiger partial charge in [-0.1, -0.05) is 29.3 Å². The van der Waals surface area contributed by atoms with Crippen LogP contribution in [0.25, 0.3) is 0 Å². The summed E-state index contributed by atoms with van der Waals surface area (Å²) in [6, 6.07) is 15.9. The van der Waals surface area contributed by atoms with E-state index < -0.39 is 32.5 Å². The van der Waals surface area contributed by atoms with E-state index >= 15 is 0 Å². The van der Waals surface area contributed by atoms with Gasteiger partial charge in [-0.15, -0.1) is 0 Å². The van der Waals surface area contributed by atoms with E-state index in [9.17, 15) is 21.6 Å². The van der Waals surface area contributed by atoms with E-state index in [-0.39, 0.29) is 9.79 Å². The number of fused-ring (bicyclic) bond motifs is 1. The van der Waals surface area contributed by atoms with Crippen LogP contribution in [0.5, 0.6) is 0 Å². The second-order valence-corrected chi connectivity index (χ2v) is 13.6. The van der Waals surface area contributed by atoms with Crippen molar-refractivity contribution in [1.29, 1.82) is 0 Å². The fraction of sp³-hybridized carbons (Fsp3) is 0.269. The van der Waals surface area contributed by atoms with Crippen LogP contribution in [-0.4, -0.2) is 54.2 Å². The molecule has 3 aromatic carbocycles. The molecule has 8 nitrogen and oxygen atoms in total. The van der Waals surface area contributed by atoms with Gasteiger partial charge in [-0.05, 0) is 79.9 Å². The molecule has 0 fully saturated rings. The Morgan fingerprint density at radius 3 is 2.16 bits per heavy atom. The Kier molecular flexibility index (Phi) is 7.40. The van der Waals surface area contributed by atoms with Crippen molar-refractivity contribution < 1.29 is 21.6 Å². The van der Waals surface area contributed by atoms with Crippen LogP contribution in [0.15, 0.2) is 70.5 Å². The standard InChI is InChI=1S/C26H28ClN3O5S2/c1-18-5-8-22(9-6-18)37(34,35)30(24-11-7-21(27)15-19(24)2)17-26(31)29-14-13-20-16-23(10-12-25(20)29)36(32,33)28(3)4/h5-12,15-16H,13-14,17H2,1-4H3. The third kappa shape index (κ3) is 5.24. The topological polar surface area (TPSA) is 95.1 Å². The number of aryl methyl sites for hydroxylation is 2. The zero-order chi connectivity index (χ0) is 27.1. The van der Waals surface area contributed by atoms with Gasteiger partial charge in [0.2, 0.25) is 15.9 Å². The Bertz CT molecular complexity index is 1570. The monoisotopic (exact) mass is 561 g/mol. The lowest BCUT2D eigenvalue weighted by Gasteiger charge is -2.28. The molecule has 0 saturated carbocycles. The molecular formula is C26H28ClN3O5S2. The number of anilines is 2. The summed E-state index contributed by atoms with van der Waals surface area (Å²) in [6.45, 7) is 3.48. The van der Waals surface area contributed by atoms with Crippen LogP contribution in [0, 0.1) is 13.8 Å². The molecule has 37 heavy (non-hydrogen) atoms. The number of amides is 1. The predicted molar refractivity (Wildman–Crippen MR) is 145 cm³/mol. The summed E-state index contributed by atoms with van der Waals surface area (Å²) in [4.78, 5) is 15.3. The average molecular weight is 562 g/mol. The summed E-state index contributed by atoms with van der Waals surface area (Å²) in [5.41, 5.74) is 3.16. The number of hydrogen-bond donors (Lipinski definition) is 0. The minimum Gasteiger partial charge on any atom is -0.310 e. The molecule has 0 atom stereocenters. The number of benzene rings is 3. The minimum absolute atomic E-state index is 0.0700. The van der Waals surface area contributed by atoms with Crippen LogP contribution in [0.2, 0.25) is 5.02 Å². The van der Waals surface area contributed by atoms with Gasteiger partial charge in [0.05, 0.1) is 15.5 Å². The van der Waals surface area contributed by atoms with E-state index in [4.69, 9.17) is 11.6 Å². The van der Waals surface area contributed by atoms with E-state index in [0.29, 0.717) is 40.5 Å². The van der Waals surface area contributed by atoms with Gasteiger partial charge in [0, 0.05) is 31.4 Å². The smallest absolute Gasteiger partial charge is 0.264 e. The Morgan fingerprint density at radius 1 is 0.892 bits per heavy atom.